The molecule has 0 amide bonds. The van der Waals surface area contributed by atoms with Gasteiger partial charge < -0.3 is 0 Å². The fraction of sp³-hybridized carbons (Fsp3) is 0. The summed E-state index contributed by atoms with van der Waals surface area (Å²) in [6.07, 6.45) is 0. The summed E-state index contributed by atoms with van der Waals surface area (Å²) in [5, 5.41) is 8.66. The van der Waals surface area contributed by atoms with Gasteiger partial charge in [0.2, 0.25) is 0 Å². The molecule has 0 aliphatic rings. The topological polar surface area (TPSA) is 23.8 Å². The Labute approximate surface area is 96.9 Å². The number of hydrogen-bond acceptors (Lipinski definition) is 1. The summed E-state index contributed by atoms with van der Waals surface area (Å²) in [5.41, 5.74) is 1.93. The predicted octanol–water partition coefficient (Wildman–Crippen LogP) is 3.04. The van der Waals surface area contributed by atoms with Crippen LogP contribution in [0.2, 0.25) is 0 Å². The van der Waals surface area contributed by atoms with Gasteiger partial charge in [0.25, 0.3) is 0 Å². The van der Waals surface area contributed by atoms with Crippen molar-refractivity contribution < 1.29 is 0 Å². The van der Waals surface area contributed by atoms with Gasteiger partial charge in [-0.2, -0.15) is 0 Å². The molecule has 0 bridgehead atoms. The van der Waals surface area contributed by atoms with Crippen molar-refractivity contribution in [2.24, 2.45) is 0 Å². The van der Waals surface area contributed by atoms with E-state index in [0.717, 1.165) is 0 Å². The van der Waals surface area contributed by atoms with E-state index in [2.05, 4.69) is 34.1 Å². The molecule has 0 saturated carbocycles. The van der Waals surface area contributed by atoms with Crippen molar-refractivity contribution in [3.05, 3.63) is 45.3 Å². The Hall–Kier alpha value is -0.811. The summed E-state index contributed by atoms with van der Waals surface area (Å²) >= 11 is 3.89. The second-order valence-corrected chi connectivity index (χ2v) is 7.10. The third-order valence-electron chi connectivity index (χ3n) is 1.87. The molecular weight excluding hydrogens is 305 g/mol. The van der Waals surface area contributed by atoms with E-state index in [1.165, 1.54) is 13.3 Å². The minimum atomic E-state index is 0.397. The number of benzene rings is 1. The van der Waals surface area contributed by atoms with Gasteiger partial charge in [0.15, 0.2) is 0 Å². The molecule has 1 heterocycles. The summed E-state index contributed by atoms with van der Waals surface area (Å²) in [6.45, 7) is 0. The Balaban J connectivity index is 2.39. The standard InChI is InChI=1S/C11H6BrNSe/c12-11-6-5-10(14-11)9-3-1-8(7-13)2-4-9/h1-6H. The molecule has 1 aromatic heterocycles. The molecule has 14 heavy (non-hydrogen) atoms. The summed E-state index contributed by atoms with van der Waals surface area (Å²) < 4.78 is 2.62. The second kappa shape index (κ2) is 4.14. The average Bonchev–Trinajstić information content (AvgIpc) is 2.65. The molecule has 0 radical (unpaired) electrons. The minimum absolute atomic E-state index is 0.397. The van der Waals surface area contributed by atoms with E-state index in [1.54, 1.807) is 0 Å². The van der Waals surface area contributed by atoms with Crippen LogP contribution < -0.4 is 0 Å². The molecule has 0 N–H and O–H groups in total. The third kappa shape index (κ3) is 1.99. The molecule has 0 aliphatic carbocycles. The molecule has 0 atom stereocenters. The van der Waals surface area contributed by atoms with Gasteiger partial charge in [0.1, 0.15) is 0 Å². The van der Waals surface area contributed by atoms with Crippen LogP contribution >= 0.6 is 15.9 Å². The molecule has 3 heteroatoms. The zero-order valence-corrected chi connectivity index (χ0v) is 10.5. The van der Waals surface area contributed by atoms with Gasteiger partial charge in [-0.15, -0.1) is 0 Å². The quantitative estimate of drug-likeness (QED) is 0.743. The second-order valence-electron chi connectivity index (χ2n) is 2.79. The molecule has 0 saturated heterocycles. The Morgan fingerprint density at radius 1 is 1.07 bits per heavy atom. The van der Waals surface area contributed by atoms with E-state index in [-0.39, 0.29) is 0 Å². The van der Waals surface area contributed by atoms with Crippen molar-refractivity contribution in [3.63, 3.8) is 0 Å². The van der Waals surface area contributed by atoms with Crippen molar-refractivity contribution >= 4 is 30.4 Å². The number of nitrogens with zero attached hydrogens (tertiary/aromatic N) is 1. The van der Waals surface area contributed by atoms with Crippen LogP contribution in [0.25, 0.3) is 10.0 Å². The predicted molar refractivity (Wildman–Crippen MR) is 61.2 cm³/mol. The molecule has 0 unspecified atom stereocenters. The van der Waals surface area contributed by atoms with Crippen LogP contribution in [0.4, 0.5) is 0 Å². The first-order chi connectivity index (χ1) is 6.79. The first kappa shape index (κ1) is 9.73. The van der Waals surface area contributed by atoms with Gasteiger partial charge in [-0.1, -0.05) is 0 Å². The molecule has 0 fully saturated rings. The van der Waals surface area contributed by atoms with E-state index in [4.69, 9.17) is 5.26 Å². The Morgan fingerprint density at radius 2 is 1.79 bits per heavy atom. The van der Waals surface area contributed by atoms with Crippen molar-refractivity contribution in [1.29, 1.82) is 5.26 Å². The van der Waals surface area contributed by atoms with E-state index >= 15 is 0 Å². The van der Waals surface area contributed by atoms with Crippen LogP contribution in [0.5, 0.6) is 0 Å². The van der Waals surface area contributed by atoms with E-state index in [9.17, 15) is 0 Å². The number of hydrogen-bond donors (Lipinski definition) is 0. The fourth-order valence-electron chi connectivity index (χ4n) is 1.18. The molecule has 2 rings (SSSR count). The first-order valence-corrected chi connectivity index (χ1v) is 6.56. The molecule has 1 aromatic carbocycles. The van der Waals surface area contributed by atoms with Crippen LogP contribution in [0.3, 0.4) is 0 Å². The number of rotatable bonds is 1. The maximum atomic E-state index is 8.66. The summed E-state index contributed by atoms with van der Waals surface area (Å²) in [7, 11) is 0. The average molecular weight is 311 g/mol. The summed E-state index contributed by atoms with van der Waals surface area (Å²) in [4.78, 5) is 0. The number of halogens is 1. The van der Waals surface area contributed by atoms with Gasteiger partial charge in [-0.05, 0) is 0 Å². The van der Waals surface area contributed by atoms with E-state index in [0.29, 0.717) is 20.1 Å². The van der Waals surface area contributed by atoms with E-state index < -0.39 is 0 Å². The Bertz CT molecular complexity index is 479. The molecular formula is C11H6BrNSe. The fourth-order valence-corrected chi connectivity index (χ4v) is 3.76. The molecule has 2 aromatic rings. The maximum absolute atomic E-state index is 8.66. The van der Waals surface area contributed by atoms with Gasteiger partial charge in [0.05, 0.1) is 0 Å². The monoisotopic (exact) mass is 311 g/mol. The molecule has 1 nitrogen and oxygen atoms in total. The zero-order chi connectivity index (χ0) is 9.97. The molecule has 0 aliphatic heterocycles. The third-order valence-corrected chi connectivity index (χ3v) is 4.91. The molecule has 0 spiro atoms. The summed E-state index contributed by atoms with van der Waals surface area (Å²) in [5.74, 6) is 0. The summed E-state index contributed by atoms with van der Waals surface area (Å²) in [6, 6.07) is 14.1. The molecule has 68 valence electrons. The Morgan fingerprint density at radius 3 is 2.29 bits per heavy atom. The van der Waals surface area contributed by atoms with Gasteiger partial charge >= 0.3 is 97.1 Å². The van der Waals surface area contributed by atoms with Crippen molar-refractivity contribution in [2.45, 2.75) is 0 Å². The van der Waals surface area contributed by atoms with Crippen LogP contribution in [-0.4, -0.2) is 14.5 Å². The van der Waals surface area contributed by atoms with Crippen molar-refractivity contribution in [2.75, 3.05) is 0 Å². The first-order valence-electron chi connectivity index (χ1n) is 4.05. The van der Waals surface area contributed by atoms with E-state index in [1.807, 2.05) is 24.3 Å². The van der Waals surface area contributed by atoms with Gasteiger partial charge in [-0.25, -0.2) is 0 Å². The Kier molecular flexibility index (Phi) is 2.88. The van der Waals surface area contributed by atoms with Gasteiger partial charge in [-0.3, -0.25) is 0 Å². The SMILES string of the molecule is N#Cc1ccc(-c2ccc(Br)[se]2)cc1. The van der Waals surface area contributed by atoms with Crippen LogP contribution in [-0.2, 0) is 0 Å². The van der Waals surface area contributed by atoms with Crippen molar-refractivity contribution in [3.8, 4) is 16.1 Å². The van der Waals surface area contributed by atoms with Crippen LogP contribution in [0.15, 0.2) is 39.7 Å². The normalized spacial score (nSPS) is 9.71. The van der Waals surface area contributed by atoms with Crippen LogP contribution in [0.1, 0.15) is 5.56 Å². The zero-order valence-electron chi connectivity index (χ0n) is 7.20. The van der Waals surface area contributed by atoms with Gasteiger partial charge in [0, 0.05) is 0 Å². The number of nitriles is 1. The van der Waals surface area contributed by atoms with Crippen LogP contribution in [0, 0.1) is 11.3 Å². The van der Waals surface area contributed by atoms with Crippen molar-refractivity contribution in [1.82, 2.24) is 0 Å².